The number of furan rings is 1. The van der Waals surface area contributed by atoms with Crippen molar-refractivity contribution in [3.63, 3.8) is 0 Å². The Morgan fingerprint density at radius 2 is 0.897 bits per heavy atom. The number of hydrogen-bond acceptors (Lipinski definition) is 2. The van der Waals surface area contributed by atoms with Gasteiger partial charge in [0.05, 0.1) is 5.69 Å². The van der Waals surface area contributed by atoms with Crippen molar-refractivity contribution in [2.45, 2.75) is 12.3 Å². The lowest BCUT2D eigenvalue weighted by atomic mass is 9.74. The Bertz CT molecular complexity index is 3840. The summed E-state index contributed by atoms with van der Waals surface area (Å²) in [5.74, 6) is 0. The van der Waals surface area contributed by atoms with Crippen LogP contribution in [0, 0.1) is 0 Å². The Morgan fingerprint density at radius 3 is 1.68 bits per heavy atom. The second-order valence-corrected chi connectivity index (χ2v) is 18.1. The van der Waals surface area contributed by atoms with Crippen LogP contribution in [0.4, 0.5) is 17.1 Å². The lowest BCUT2D eigenvalue weighted by Crippen LogP contribution is -2.22. The predicted octanol–water partition coefficient (Wildman–Crippen LogP) is 18.2. The van der Waals surface area contributed by atoms with E-state index in [4.69, 9.17) is 4.42 Å². The Kier molecular flexibility index (Phi) is 9.33. The van der Waals surface area contributed by atoms with Crippen LogP contribution in [0.25, 0.3) is 88.3 Å². The number of fused-ring (bicyclic) bond motifs is 7. The van der Waals surface area contributed by atoms with Crippen LogP contribution in [-0.2, 0) is 5.41 Å². The van der Waals surface area contributed by atoms with Crippen molar-refractivity contribution in [2.24, 2.45) is 0 Å². The number of rotatable bonds is 8. The maximum atomic E-state index is 6.19. The van der Waals surface area contributed by atoms with Crippen LogP contribution >= 0.6 is 0 Å². The molecule has 13 rings (SSSR count). The van der Waals surface area contributed by atoms with Gasteiger partial charge in [-0.05, 0) is 133 Å². The topological polar surface area (TPSA) is 16.4 Å². The normalized spacial score (nSPS) is 14.0. The lowest BCUT2D eigenvalue weighted by Gasteiger charge is -2.29. The summed E-state index contributed by atoms with van der Waals surface area (Å²) in [5, 5.41) is 4.70. The van der Waals surface area contributed by atoms with Crippen molar-refractivity contribution in [1.29, 1.82) is 0 Å². The molecule has 0 saturated carbocycles. The van der Waals surface area contributed by atoms with Crippen molar-refractivity contribution >= 4 is 49.8 Å². The van der Waals surface area contributed by atoms with E-state index < -0.39 is 0 Å². The van der Waals surface area contributed by atoms with E-state index in [1.54, 1.807) is 0 Å². The Labute approximate surface area is 396 Å². The lowest BCUT2D eigenvalue weighted by molar-refractivity contribution is 0.669. The first-order valence-corrected chi connectivity index (χ1v) is 23.5. The first kappa shape index (κ1) is 39.6. The van der Waals surface area contributed by atoms with Gasteiger partial charge in [0.2, 0.25) is 0 Å². The number of hydrogen-bond donors (Lipinski definition) is 0. The smallest absolute Gasteiger partial charge is 0.135 e. The van der Waals surface area contributed by atoms with E-state index in [9.17, 15) is 0 Å². The monoisotopic (exact) mass is 867 g/mol. The van der Waals surface area contributed by atoms with Crippen LogP contribution < -0.4 is 4.90 Å². The molecule has 1 aliphatic rings. The summed E-state index contributed by atoms with van der Waals surface area (Å²) < 4.78 is 6.19. The highest BCUT2D eigenvalue weighted by molar-refractivity contribution is 6.09. The van der Waals surface area contributed by atoms with E-state index in [0.29, 0.717) is 0 Å². The summed E-state index contributed by atoms with van der Waals surface area (Å²) in [6, 6.07) is 92.8. The molecule has 0 spiro atoms. The SMILES string of the molecule is CC1(c2ccccc2)c2ccccc2-c2c(-c3ccc(N(c4ccc(-c5ccc6oc7ccccc7c6c5)cc4)c4ccccc4-c4cccc5cccc(-c6ccccc6)c45)cc3)cccc21. The highest BCUT2D eigenvalue weighted by Crippen LogP contribution is 2.55. The molecular weight excluding hydrogens is 823 g/mol. The maximum absolute atomic E-state index is 6.19. The van der Waals surface area contributed by atoms with Crippen LogP contribution in [0.3, 0.4) is 0 Å². The third-order valence-electron chi connectivity index (χ3n) is 14.4. The molecular formula is C66H45NO. The average molecular weight is 868 g/mol. The number of benzene rings is 11. The third kappa shape index (κ3) is 6.33. The third-order valence-corrected chi connectivity index (χ3v) is 14.4. The van der Waals surface area contributed by atoms with Crippen LogP contribution in [0.1, 0.15) is 23.6 Å². The minimum absolute atomic E-state index is 0.268. The molecule has 2 nitrogen and oxygen atoms in total. The summed E-state index contributed by atoms with van der Waals surface area (Å²) in [6.45, 7) is 2.39. The number of anilines is 3. The molecule has 0 fully saturated rings. The van der Waals surface area contributed by atoms with Gasteiger partial charge in [-0.1, -0.05) is 206 Å². The molecule has 1 unspecified atom stereocenters. The molecule has 1 aliphatic carbocycles. The first-order chi connectivity index (χ1) is 33.6. The van der Waals surface area contributed by atoms with Crippen LogP contribution in [-0.4, -0.2) is 0 Å². The highest BCUT2D eigenvalue weighted by Gasteiger charge is 2.41. The van der Waals surface area contributed by atoms with Crippen LogP contribution in [0.2, 0.25) is 0 Å². The maximum Gasteiger partial charge on any atom is 0.135 e. The van der Waals surface area contributed by atoms with Gasteiger partial charge in [0.15, 0.2) is 0 Å². The van der Waals surface area contributed by atoms with Crippen LogP contribution in [0.5, 0.6) is 0 Å². The zero-order chi connectivity index (χ0) is 45.2. The molecule has 0 N–H and O–H groups in total. The second kappa shape index (κ2) is 16.0. The molecule has 0 saturated heterocycles. The fourth-order valence-electron chi connectivity index (χ4n) is 11.1. The van der Waals surface area contributed by atoms with Crippen LogP contribution in [0.15, 0.2) is 259 Å². The largest absolute Gasteiger partial charge is 0.456 e. The van der Waals surface area contributed by atoms with Crippen molar-refractivity contribution in [3.05, 3.63) is 271 Å². The zero-order valence-electron chi connectivity index (χ0n) is 37.6. The van der Waals surface area contributed by atoms with Gasteiger partial charge in [-0.15, -0.1) is 0 Å². The minimum Gasteiger partial charge on any atom is -0.456 e. The summed E-state index contributed by atoms with van der Waals surface area (Å²) >= 11 is 0. The van der Waals surface area contributed by atoms with Crippen molar-refractivity contribution in [3.8, 4) is 55.6 Å². The first-order valence-electron chi connectivity index (χ1n) is 23.5. The van der Waals surface area contributed by atoms with Gasteiger partial charge >= 0.3 is 0 Å². The molecule has 0 aliphatic heterocycles. The molecule has 12 aromatic rings. The average Bonchev–Trinajstić information content (AvgIpc) is 3.92. The summed E-state index contributed by atoms with van der Waals surface area (Å²) in [6.07, 6.45) is 0. The second-order valence-electron chi connectivity index (χ2n) is 18.1. The van der Waals surface area contributed by atoms with Gasteiger partial charge in [0, 0.05) is 33.1 Å². The van der Waals surface area contributed by atoms with Crippen molar-refractivity contribution < 1.29 is 4.42 Å². The fourth-order valence-corrected chi connectivity index (χ4v) is 11.1. The van der Waals surface area contributed by atoms with Crippen molar-refractivity contribution in [1.82, 2.24) is 0 Å². The molecule has 320 valence electrons. The summed E-state index contributed by atoms with van der Waals surface area (Å²) in [5.41, 5.74) is 20.9. The van der Waals surface area contributed by atoms with Gasteiger partial charge in [0.25, 0.3) is 0 Å². The zero-order valence-corrected chi connectivity index (χ0v) is 37.6. The van der Waals surface area contributed by atoms with Gasteiger partial charge < -0.3 is 9.32 Å². The Balaban J connectivity index is 0.965. The van der Waals surface area contributed by atoms with Gasteiger partial charge in [0.1, 0.15) is 11.2 Å². The highest BCUT2D eigenvalue weighted by atomic mass is 16.3. The molecule has 0 amide bonds. The predicted molar refractivity (Wildman–Crippen MR) is 285 cm³/mol. The quantitative estimate of drug-likeness (QED) is 0.151. The van der Waals surface area contributed by atoms with Gasteiger partial charge in [-0.3, -0.25) is 0 Å². The van der Waals surface area contributed by atoms with E-state index in [1.165, 1.54) is 66.4 Å². The molecule has 2 heteroatoms. The Hall–Kier alpha value is -8.72. The fraction of sp³-hybridized carbons (Fsp3) is 0.0303. The molecule has 1 heterocycles. The molecule has 0 bridgehead atoms. The van der Waals surface area contributed by atoms with E-state index >= 15 is 0 Å². The van der Waals surface area contributed by atoms with E-state index in [2.05, 4.69) is 254 Å². The van der Waals surface area contributed by atoms with E-state index in [0.717, 1.165) is 55.7 Å². The minimum atomic E-state index is -0.268. The summed E-state index contributed by atoms with van der Waals surface area (Å²) in [7, 11) is 0. The van der Waals surface area contributed by atoms with E-state index in [-0.39, 0.29) is 5.41 Å². The number of nitrogens with zero attached hydrogens (tertiary/aromatic N) is 1. The van der Waals surface area contributed by atoms with Gasteiger partial charge in [-0.2, -0.15) is 0 Å². The van der Waals surface area contributed by atoms with Gasteiger partial charge in [-0.25, -0.2) is 0 Å². The van der Waals surface area contributed by atoms with E-state index in [1.807, 2.05) is 12.1 Å². The summed E-state index contributed by atoms with van der Waals surface area (Å²) in [4.78, 5) is 2.43. The standard InChI is InChI=1S/C66H45NO/c1-66(49-21-6-3-7-22-49)59-29-11-8-25-57(59)65-53(27-16-30-60(65)66)46-35-40-51(41-36-46)67(50-38-33-44(34-39-50)48-37-42-63-58(43-48)55-24-10-13-32-62(55)68-63)61-31-12-9-23-54(61)56-28-15-20-47-19-14-26-52(64(47)56)45-17-4-2-5-18-45/h2-43H,1H3. The molecule has 68 heavy (non-hydrogen) atoms. The molecule has 1 aromatic heterocycles. The Morgan fingerprint density at radius 1 is 0.353 bits per heavy atom. The molecule has 11 aromatic carbocycles. The number of para-hydroxylation sites is 2. The molecule has 0 radical (unpaired) electrons. The molecule has 1 atom stereocenters. The van der Waals surface area contributed by atoms with Crippen molar-refractivity contribution in [2.75, 3.05) is 4.90 Å².